The van der Waals surface area contributed by atoms with E-state index in [4.69, 9.17) is 20.2 Å². The fraction of sp³-hybridized carbons (Fsp3) is 0.111. The lowest BCUT2D eigenvalue weighted by Crippen LogP contribution is -2.34. The number of nitrogens with zero attached hydrogens (tertiary/aromatic N) is 4. The van der Waals surface area contributed by atoms with Crippen LogP contribution in [0.4, 0.5) is 0 Å². The molecule has 7 nitrogen and oxygen atoms in total. The first kappa shape index (κ1) is 13.9. The van der Waals surface area contributed by atoms with Gasteiger partial charge in [-0.25, -0.2) is 19.9 Å². The maximum absolute atomic E-state index is 6.01. The summed E-state index contributed by atoms with van der Waals surface area (Å²) in [6.45, 7) is 0. The Morgan fingerprint density at radius 1 is 1.00 bits per heavy atom. The van der Waals surface area contributed by atoms with Crippen molar-refractivity contribution in [1.29, 1.82) is 0 Å². The van der Waals surface area contributed by atoms with Crippen LogP contribution in [-0.2, 0) is 10.3 Å². The van der Waals surface area contributed by atoms with Gasteiger partial charge < -0.3 is 15.2 Å². The van der Waals surface area contributed by atoms with Crippen LogP contribution in [0, 0.1) is 0 Å². The number of fused-ring (bicyclic) bond motifs is 4. The molecule has 0 fully saturated rings. The second-order valence-electron chi connectivity index (χ2n) is 5.84. The van der Waals surface area contributed by atoms with E-state index in [9.17, 15) is 0 Å². The third-order valence-corrected chi connectivity index (χ3v) is 4.47. The topological polar surface area (TPSA) is 95.5 Å². The number of pyridine rings is 1. The Hall–Kier alpha value is -3.48. The van der Waals surface area contributed by atoms with E-state index < -0.39 is 11.6 Å². The summed E-state index contributed by atoms with van der Waals surface area (Å²) in [5.41, 5.74) is 7.55. The maximum Gasteiger partial charge on any atom is 0.284 e. The van der Waals surface area contributed by atoms with Crippen LogP contribution in [0.3, 0.4) is 0 Å². The molecule has 2 N–H and O–H groups in total. The Labute approximate surface area is 143 Å². The predicted octanol–water partition coefficient (Wildman–Crippen LogP) is 2.31. The van der Waals surface area contributed by atoms with Crippen molar-refractivity contribution in [3.8, 4) is 11.6 Å². The number of nitrogens with two attached hydrogens (primary N) is 1. The number of amidine groups is 1. The zero-order chi connectivity index (χ0) is 16.9. The summed E-state index contributed by atoms with van der Waals surface area (Å²) in [4.78, 5) is 17.3. The normalized spacial score (nSPS) is 23.2. The zero-order valence-electron chi connectivity index (χ0n) is 13.0. The molecule has 0 saturated heterocycles. The van der Waals surface area contributed by atoms with Crippen LogP contribution in [0.5, 0.6) is 11.6 Å². The minimum absolute atomic E-state index is 0.111. The Balaban J connectivity index is 1.84. The van der Waals surface area contributed by atoms with Gasteiger partial charge in [0.2, 0.25) is 5.88 Å². The molecule has 1 aromatic carbocycles. The molecule has 0 saturated carbocycles. The van der Waals surface area contributed by atoms with Crippen LogP contribution in [-0.4, -0.2) is 21.0 Å². The molecular formula is C18H13N5O2. The van der Waals surface area contributed by atoms with E-state index >= 15 is 0 Å². The predicted molar refractivity (Wildman–Crippen MR) is 89.0 cm³/mol. The van der Waals surface area contributed by atoms with Crippen molar-refractivity contribution < 1.29 is 9.47 Å². The first-order valence-corrected chi connectivity index (χ1v) is 7.79. The number of hydrogen-bond donors (Lipinski definition) is 1. The summed E-state index contributed by atoms with van der Waals surface area (Å²) in [5.74, 6) is 1.17. The molecule has 122 valence electrons. The fourth-order valence-electron chi connectivity index (χ4n) is 3.50. The number of benzene rings is 1. The number of aliphatic imine (C=N–C) groups is 1. The van der Waals surface area contributed by atoms with E-state index in [1.54, 1.807) is 18.6 Å². The molecule has 3 aromatic rings. The first-order valence-electron chi connectivity index (χ1n) is 7.79. The Bertz CT molecular complexity index is 944. The molecule has 0 bridgehead atoms. The number of hydrogen-bond acceptors (Lipinski definition) is 7. The highest BCUT2D eigenvalue weighted by Gasteiger charge is 2.55. The minimum atomic E-state index is -0.896. The van der Waals surface area contributed by atoms with Gasteiger partial charge in [-0.2, -0.15) is 0 Å². The number of rotatable bonds is 1. The van der Waals surface area contributed by atoms with Crippen molar-refractivity contribution in [1.82, 2.24) is 15.0 Å². The Morgan fingerprint density at radius 2 is 1.80 bits per heavy atom. The lowest BCUT2D eigenvalue weighted by atomic mass is 9.76. The largest absolute Gasteiger partial charge is 0.454 e. The van der Waals surface area contributed by atoms with Crippen molar-refractivity contribution in [3.05, 3.63) is 78.0 Å². The van der Waals surface area contributed by atoms with Gasteiger partial charge in [-0.05, 0) is 18.2 Å². The van der Waals surface area contributed by atoms with Gasteiger partial charge in [0.25, 0.3) is 6.02 Å². The van der Waals surface area contributed by atoms with E-state index in [2.05, 4.69) is 15.0 Å². The fourth-order valence-corrected chi connectivity index (χ4v) is 3.50. The molecule has 2 atom stereocenters. The molecule has 0 radical (unpaired) electrons. The Morgan fingerprint density at radius 3 is 2.68 bits per heavy atom. The van der Waals surface area contributed by atoms with Gasteiger partial charge in [0.05, 0.1) is 5.56 Å². The van der Waals surface area contributed by atoms with E-state index in [0.29, 0.717) is 11.6 Å². The summed E-state index contributed by atoms with van der Waals surface area (Å²) in [7, 11) is 0. The average Bonchev–Trinajstić information content (AvgIpc) is 3.01. The molecule has 1 spiro atoms. The highest BCUT2D eigenvalue weighted by molar-refractivity contribution is 5.77. The smallest absolute Gasteiger partial charge is 0.284 e. The van der Waals surface area contributed by atoms with Crippen LogP contribution in [0.25, 0.3) is 0 Å². The molecule has 25 heavy (non-hydrogen) atoms. The lowest BCUT2D eigenvalue weighted by molar-refractivity contribution is 0.147. The van der Waals surface area contributed by atoms with Crippen LogP contribution in [0.2, 0.25) is 0 Å². The molecule has 2 unspecified atom stereocenters. The number of aromatic nitrogens is 3. The summed E-state index contributed by atoms with van der Waals surface area (Å²) in [6, 6.07) is 11.6. The molecular weight excluding hydrogens is 318 g/mol. The van der Waals surface area contributed by atoms with E-state index in [0.717, 1.165) is 16.7 Å². The van der Waals surface area contributed by atoms with Crippen molar-refractivity contribution in [2.75, 3.05) is 0 Å². The van der Waals surface area contributed by atoms with Crippen LogP contribution in [0.15, 0.2) is 66.3 Å². The number of para-hydroxylation sites is 1. The average molecular weight is 331 g/mol. The van der Waals surface area contributed by atoms with Gasteiger partial charge in [0, 0.05) is 29.7 Å². The molecule has 5 rings (SSSR count). The van der Waals surface area contributed by atoms with Gasteiger partial charge in [0.15, 0.2) is 11.6 Å². The standard InChI is InChI=1S/C18H13N5O2/c19-17-23-18(15(25-17)11-8-20-10-21-9-11)12-4-1-2-6-14(12)24-16-13(18)5-3-7-22-16/h1-10,15H,(H2,19,23). The molecule has 2 aromatic heterocycles. The Kier molecular flexibility index (Phi) is 2.79. The van der Waals surface area contributed by atoms with E-state index in [1.165, 1.54) is 6.33 Å². The zero-order valence-corrected chi connectivity index (χ0v) is 13.0. The van der Waals surface area contributed by atoms with E-state index in [1.807, 2.05) is 36.4 Å². The molecule has 2 aliphatic heterocycles. The van der Waals surface area contributed by atoms with Crippen molar-refractivity contribution >= 4 is 6.02 Å². The van der Waals surface area contributed by atoms with Gasteiger partial charge in [-0.3, -0.25) is 0 Å². The first-order chi connectivity index (χ1) is 12.3. The third-order valence-electron chi connectivity index (χ3n) is 4.47. The van der Waals surface area contributed by atoms with Crippen molar-refractivity contribution in [2.45, 2.75) is 11.6 Å². The highest BCUT2D eigenvalue weighted by Crippen LogP contribution is 2.57. The summed E-state index contributed by atoms with van der Waals surface area (Å²) < 4.78 is 11.9. The number of ether oxygens (including phenoxy) is 2. The minimum Gasteiger partial charge on any atom is -0.454 e. The van der Waals surface area contributed by atoms with E-state index in [-0.39, 0.29) is 6.02 Å². The van der Waals surface area contributed by atoms with Crippen molar-refractivity contribution in [2.24, 2.45) is 10.7 Å². The second kappa shape index (κ2) is 5.01. The van der Waals surface area contributed by atoms with Crippen molar-refractivity contribution in [3.63, 3.8) is 0 Å². The summed E-state index contributed by atoms with van der Waals surface area (Å²) >= 11 is 0. The molecule has 0 amide bonds. The van der Waals surface area contributed by atoms with Crippen LogP contribution >= 0.6 is 0 Å². The maximum atomic E-state index is 6.01. The monoisotopic (exact) mass is 331 g/mol. The van der Waals surface area contributed by atoms with Crippen LogP contribution < -0.4 is 10.5 Å². The molecule has 7 heteroatoms. The van der Waals surface area contributed by atoms with Crippen LogP contribution in [0.1, 0.15) is 22.8 Å². The van der Waals surface area contributed by atoms with Gasteiger partial charge in [-0.15, -0.1) is 0 Å². The highest BCUT2D eigenvalue weighted by atomic mass is 16.5. The third kappa shape index (κ3) is 1.86. The molecule has 0 aliphatic carbocycles. The van der Waals surface area contributed by atoms with Gasteiger partial charge in [-0.1, -0.05) is 18.2 Å². The quantitative estimate of drug-likeness (QED) is 0.735. The molecule has 4 heterocycles. The second-order valence-corrected chi connectivity index (χ2v) is 5.84. The van der Waals surface area contributed by atoms with Gasteiger partial charge in [0.1, 0.15) is 12.1 Å². The van der Waals surface area contributed by atoms with Gasteiger partial charge >= 0.3 is 0 Å². The lowest BCUT2D eigenvalue weighted by Gasteiger charge is -2.36. The molecule has 2 aliphatic rings. The summed E-state index contributed by atoms with van der Waals surface area (Å²) in [5, 5.41) is 0. The SMILES string of the molecule is NC1=NC2(c3ccccc3Oc3ncccc32)C(c2cncnc2)O1. The summed E-state index contributed by atoms with van der Waals surface area (Å²) in [6.07, 6.45) is 6.07.